The van der Waals surface area contributed by atoms with E-state index in [1.165, 1.54) is 12.8 Å². The van der Waals surface area contributed by atoms with E-state index in [4.69, 9.17) is 16.3 Å². The average Bonchev–Trinajstić information content (AvgIpc) is 2.63. The average molecular weight is 163 g/mol. The molecule has 2 heteroatoms. The Morgan fingerprint density at radius 3 is 2.50 bits per heavy atom. The van der Waals surface area contributed by atoms with Crippen molar-refractivity contribution in [1.29, 1.82) is 0 Å². The van der Waals surface area contributed by atoms with Crippen LogP contribution in [0.1, 0.15) is 19.8 Å². The van der Waals surface area contributed by atoms with Crippen LogP contribution in [-0.4, -0.2) is 19.1 Å². The van der Waals surface area contributed by atoms with Crippen LogP contribution in [0.5, 0.6) is 0 Å². The Hall–Kier alpha value is 0.250. The van der Waals surface area contributed by atoms with Gasteiger partial charge in [-0.05, 0) is 25.7 Å². The molecule has 1 saturated carbocycles. The van der Waals surface area contributed by atoms with Gasteiger partial charge >= 0.3 is 0 Å². The van der Waals surface area contributed by atoms with Gasteiger partial charge in [0.25, 0.3) is 0 Å². The minimum atomic E-state index is 0.271. The molecule has 1 nitrogen and oxygen atoms in total. The van der Waals surface area contributed by atoms with Crippen molar-refractivity contribution in [3.05, 3.63) is 0 Å². The molecule has 0 aromatic heterocycles. The van der Waals surface area contributed by atoms with Gasteiger partial charge in [-0.25, -0.2) is 0 Å². The van der Waals surface area contributed by atoms with Gasteiger partial charge in [-0.15, -0.1) is 11.6 Å². The predicted molar refractivity (Wildman–Crippen MR) is 43.4 cm³/mol. The summed E-state index contributed by atoms with van der Waals surface area (Å²) in [7, 11) is 1.74. The van der Waals surface area contributed by atoms with E-state index in [0.717, 1.165) is 12.5 Å². The minimum absolute atomic E-state index is 0.271. The summed E-state index contributed by atoms with van der Waals surface area (Å²) in [6.45, 7) is 2.89. The first-order valence-electron chi connectivity index (χ1n) is 3.88. The van der Waals surface area contributed by atoms with Crippen LogP contribution < -0.4 is 0 Å². The first-order valence-corrected chi connectivity index (χ1v) is 4.32. The van der Waals surface area contributed by atoms with Crippen molar-refractivity contribution in [2.75, 3.05) is 13.7 Å². The lowest BCUT2D eigenvalue weighted by molar-refractivity contribution is 0.141. The number of ether oxygens (including phenoxy) is 1. The third-order valence-corrected chi connectivity index (χ3v) is 2.50. The van der Waals surface area contributed by atoms with Crippen molar-refractivity contribution in [2.24, 2.45) is 11.8 Å². The second-order valence-electron chi connectivity index (χ2n) is 3.13. The molecule has 2 unspecified atom stereocenters. The molecule has 0 spiro atoms. The molecule has 0 aromatic rings. The minimum Gasteiger partial charge on any atom is -0.384 e. The van der Waals surface area contributed by atoms with Gasteiger partial charge in [-0.1, -0.05) is 0 Å². The van der Waals surface area contributed by atoms with E-state index in [-0.39, 0.29) is 5.38 Å². The number of halogens is 1. The second kappa shape index (κ2) is 3.59. The maximum absolute atomic E-state index is 5.98. The molecular weight excluding hydrogens is 148 g/mol. The number of methoxy groups -OCH3 is 1. The van der Waals surface area contributed by atoms with Crippen LogP contribution in [0.2, 0.25) is 0 Å². The van der Waals surface area contributed by atoms with Crippen molar-refractivity contribution in [2.45, 2.75) is 25.1 Å². The van der Waals surface area contributed by atoms with E-state index in [9.17, 15) is 0 Å². The number of hydrogen-bond donors (Lipinski definition) is 0. The molecular formula is C8H15ClO. The molecule has 0 heterocycles. The van der Waals surface area contributed by atoms with Crippen LogP contribution in [0.4, 0.5) is 0 Å². The Balaban J connectivity index is 2.26. The summed E-state index contributed by atoms with van der Waals surface area (Å²) in [6.07, 6.45) is 2.70. The van der Waals surface area contributed by atoms with Crippen molar-refractivity contribution >= 4 is 11.6 Å². The normalized spacial score (nSPS) is 24.3. The molecule has 0 N–H and O–H groups in total. The van der Waals surface area contributed by atoms with Gasteiger partial charge in [0, 0.05) is 18.4 Å². The standard InChI is InChI=1S/C8H15ClO/c1-6(9)8(5-10-2)7-3-4-7/h6-8H,3-5H2,1-2H3. The van der Waals surface area contributed by atoms with E-state index in [2.05, 4.69) is 6.92 Å². The highest BCUT2D eigenvalue weighted by atomic mass is 35.5. The first-order chi connectivity index (χ1) is 4.75. The van der Waals surface area contributed by atoms with Crippen molar-refractivity contribution in [1.82, 2.24) is 0 Å². The Labute approximate surface area is 67.7 Å². The molecule has 2 atom stereocenters. The zero-order valence-electron chi connectivity index (χ0n) is 6.64. The zero-order chi connectivity index (χ0) is 7.56. The van der Waals surface area contributed by atoms with Gasteiger partial charge in [0.15, 0.2) is 0 Å². The highest BCUT2D eigenvalue weighted by Crippen LogP contribution is 2.39. The second-order valence-corrected chi connectivity index (χ2v) is 3.82. The summed E-state index contributed by atoms with van der Waals surface area (Å²) in [6, 6.07) is 0. The summed E-state index contributed by atoms with van der Waals surface area (Å²) < 4.78 is 5.08. The summed E-state index contributed by atoms with van der Waals surface area (Å²) in [4.78, 5) is 0. The molecule has 1 aliphatic carbocycles. The Kier molecular flexibility index (Phi) is 2.99. The molecule has 1 aliphatic rings. The molecule has 0 bridgehead atoms. The molecule has 0 aliphatic heterocycles. The molecule has 0 saturated heterocycles. The van der Waals surface area contributed by atoms with Crippen LogP contribution in [0.15, 0.2) is 0 Å². The smallest absolute Gasteiger partial charge is 0.0507 e. The fourth-order valence-electron chi connectivity index (χ4n) is 1.36. The van der Waals surface area contributed by atoms with E-state index in [1.807, 2.05) is 0 Å². The lowest BCUT2D eigenvalue weighted by atomic mass is 10.0. The highest BCUT2D eigenvalue weighted by molar-refractivity contribution is 6.20. The fraction of sp³-hybridized carbons (Fsp3) is 1.00. The monoisotopic (exact) mass is 162 g/mol. The maximum Gasteiger partial charge on any atom is 0.0507 e. The van der Waals surface area contributed by atoms with Gasteiger partial charge in [0.2, 0.25) is 0 Å². The first kappa shape index (κ1) is 8.35. The molecule has 0 aromatic carbocycles. The van der Waals surface area contributed by atoms with Crippen molar-refractivity contribution < 1.29 is 4.74 Å². The number of hydrogen-bond acceptors (Lipinski definition) is 1. The lowest BCUT2D eigenvalue weighted by Crippen LogP contribution is -2.19. The summed E-state index contributed by atoms with van der Waals surface area (Å²) in [5.41, 5.74) is 0. The molecule has 10 heavy (non-hydrogen) atoms. The lowest BCUT2D eigenvalue weighted by Gasteiger charge is -2.16. The van der Waals surface area contributed by atoms with E-state index in [1.54, 1.807) is 7.11 Å². The Morgan fingerprint density at radius 2 is 2.20 bits per heavy atom. The largest absolute Gasteiger partial charge is 0.384 e. The topological polar surface area (TPSA) is 9.23 Å². The van der Waals surface area contributed by atoms with Gasteiger partial charge in [-0.3, -0.25) is 0 Å². The van der Waals surface area contributed by atoms with Crippen LogP contribution in [0.25, 0.3) is 0 Å². The van der Waals surface area contributed by atoms with Gasteiger partial charge in [-0.2, -0.15) is 0 Å². The summed E-state index contributed by atoms with van der Waals surface area (Å²) in [5, 5.41) is 0.271. The third kappa shape index (κ3) is 2.14. The van der Waals surface area contributed by atoms with Crippen LogP contribution in [0.3, 0.4) is 0 Å². The summed E-state index contributed by atoms with van der Waals surface area (Å²) >= 11 is 5.98. The van der Waals surface area contributed by atoms with Crippen LogP contribution in [0, 0.1) is 11.8 Å². The number of alkyl halides is 1. The van der Waals surface area contributed by atoms with Crippen molar-refractivity contribution in [3.8, 4) is 0 Å². The van der Waals surface area contributed by atoms with Crippen LogP contribution >= 0.6 is 11.6 Å². The zero-order valence-corrected chi connectivity index (χ0v) is 7.40. The summed E-state index contributed by atoms with van der Waals surface area (Å²) in [5.74, 6) is 1.44. The van der Waals surface area contributed by atoms with Crippen molar-refractivity contribution in [3.63, 3.8) is 0 Å². The quantitative estimate of drug-likeness (QED) is 0.577. The van der Waals surface area contributed by atoms with Gasteiger partial charge in [0.1, 0.15) is 0 Å². The molecule has 1 fully saturated rings. The predicted octanol–water partition coefficient (Wildman–Crippen LogP) is 2.29. The molecule has 0 amide bonds. The fourth-order valence-corrected chi connectivity index (χ4v) is 1.64. The molecule has 0 radical (unpaired) electrons. The maximum atomic E-state index is 5.98. The van der Waals surface area contributed by atoms with Gasteiger partial charge < -0.3 is 4.74 Å². The van der Waals surface area contributed by atoms with E-state index in [0.29, 0.717) is 5.92 Å². The van der Waals surface area contributed by atoms with Crippen LogP contribution in [-0.2, 0) is 4.74 Å². The highest BCUT2D eigenvalue weighted by Gasteiger charge is 2.33. The van der Waals surface area contributed by atoms with E-state index < -0.39 is 0 Å². The molecule has 1 rings (SSSR count). The number of rotatable bonds is 4. The Morgan fingerprint density at radius 1 is 1.60 bits per heavy atom. The van der Waals surface area contributed by atoms with Gasteiger partial charge in [0.05, 0.1) is 6.61 Å². The third-order valence-electron chi connectivity index (χ3n) is 2.18. The SMILES string of the molecule is COCC(C(C)Cl)C1CC1. The molecule has 60 valence electrons. The Bertz CT molecular complexity index is 97.4. The van der Waals surface area contributed by atoms with E-state index >= 15 is 0 Å².